The van der Waals surface area contributed by atoms with Crippen LogP contribution in [0.2, 0.25) is 0 Å². The molecule has 130 valence electrons. The van der Waals surface area contributed by atoms with E-state index in [2.05, 4.69) is 0 Å². The fourth-order valence-corrected chi connectivity index (χ4v) is 2.32. The molecule has 2 aromatic carbocycles. The van der Waals surface area contributed by atoms with Crippen LogP contribution >= 0.6 is 0 Å². The van der Waals surface area contributed by atoms with Crippen LogP contribution in [0.25, 0.3) is 0 Å². The van der Waals surface area contributed by atoms with E-state index in [4.69, 9.17) is 0 Å². The number of hydrogen-bond donors (Lipinski definition) is 2. The maximum absolute atomic E-state index is 12.3. The molecule has 0 atom stereocenters. The van der Waals surface area contributed by atoms with Crippen molar-refractivity contribution in [2.75, 3.05) is 0 Å². The third-order valence-electron chi connectivity index (χ3n) is 3.42. The average molecular weight is 348 g/mol. The summed E-state index contributed by atoms with van der Waals surface area (Å²) < 4.78 is 73.7. The van der Waals surface area contributed by atoms with Gasteiger partial charge in [0.2, 0.25) is 0 Å². The molecule has 2 aromatic rings. The molecule has 2 nitrogen and oxygen atoms in total. The Hall–Kier alpha value is -1.93. The molecule has 0 saturated carbocycles. The highest BCUT2D eigenvalue weighted by atomic mass is 19.4. The number of nitrogens with two attached hydrogens (primary N) is 2. The summed E-state index contributed by atoms with van der Waals surface area (Å²) in [4.78, 5) is 0. The zero-order chi connectivity index (χ0) is 17.8. The highest BCUT2D eigenvalue weighted by Crippen LogP contribution is 2.12. The number of halogens is 6. The van der Waals surface area contributed by atoms with Crippen LogP contribution in [-0.4, -0.2) is 14.2 Å². The molecule has 0 aromatic heterocycles. The Balaban J connectivity index is 1.89. The third kappa shape index (κ3) is 6.67. The molecule has 0 fully saturated rings. The predicted molar refractivity (Wildman–Crippen MR) is 81.6 cm³/mol. The molecule has 4 N–H and O–H groups in total. The summed E-state index contributed by atoms with van der Waals surface area (Å²) in [6, 6.07) is 12.2. The van der Waals surface area contributed by atoms with Crippen LogP contribution in [0.3, 0.4) is 0 Å². The Kier molecular flexibility index (Phi) is 5.61. The van der Waals surface area contributed by atoms with Gasteiger partial charge >= 0.3 is 14.2 Å². The van der Waals surface area contributed by atoms with E-state index in [1.54, 1.807) is 24.3 Å². The number of rotatable bonds is 7. The Morgan fingerprint density at radius 2 is 0.833 bits per heavy atom. The molecule has 2 rings (SSSR count). The molecule has 0 bridgehead atoms. The van der Waals surface area contributed by atoms with E-state index in [9.17, 15) is 25.9 Å². The van der Waals surface area contributed by atoms with Crippen LogP contribution in [0.5, 0.6) is 0 Å². The maximum Gasteiger partial charge on any atom is 0.734 e. The van der Waals surface area contributed by atoms with Gasteiger partial charge in [-0.05, 0) is 48.2 Å². The Bertz CT molecular complexity index is 593. The minimum Gasteiger partial charge on any atom is -0.410 e. The summed E-state index contributed by atoms with van der Waals surface area (Å²) in [6.07, 6.45) is 1.20. The van der Waals surface area contributed by atoms with Crippen molar-refractivity contribution in [1.82, 2.24) is 0 Å². The van der Waals surface area contributed by atoms with Crippen molar-refractivity contribution in [3.05, 3.63) is 59.7 Å². The van der Waals surface area contributed by atoms with Crippen molar-refractivity contribution >= 4 is 25.6 Å². The Labute approximate surface area is 135 Å². The van der Waals surface area contributed by atoms with Gasteiger partial charge < -0.3 is 36.3 Å². The smallest absolute Gasteiger partial charge is 0.410 e. The summed E-state index contributed by atoms with van der Waals surface area (Å²) in [6.45, 7) is 0. The molecule has 0 spiro atoms. The molecule has 0 unspecified atom stereocenters. The maximum atomic E-state index is 12.3. The molecule has 0 aliphatic heterocycles. The highest BCUT2D eigenvalue weighted by Gasteiger charge is 2.33. The van der Waals surface area contributed by atoms with Gasteiger partial charge in [-0.15, -0.1) is 0 Å². The first-order chi connectivity index (χ1) is 11.1. The third-order valence-corrected chi connectivity index (χ3v) is 3.42. The minimum atomic E-state index is -4.96. The van der Waals surface area contributed by atoms with Gasteiger partial charge in [-0.25, -0.2) is 0 Å². The quantitative estimate of drug-likeness (QED) is 0.438. The number of aryl methyl sites for hydroxylation is 2. The van der Waals surface area contributed by atoms with Gasteiger partial charge in [-0.2, -0.15) is 0 Å². The van der Waals surface area contributed by atoms with Crippen LogP contribution in [0.1, 0.15) is 11.1 Å². The number of benzene rings is 2. The van der Waals surface area contributed by atoms with Crippen LogP contribution in [0, 0.1) is 0 Å². The van der Waals surface area contributed by atoms with Crippen LogP contribution in [0.4, 0.5) is 37.3 Å². The lowest BCUT2D eigenvalue weighted by molar-refractivity contribution is -0.471. The molecule has 24 heavy (non-hydrogen) atoms. The second kappa shape index (κ2) is 7.31. The van der Waals surface area contributed by atoms with Gasteiger partial charge in [0, 0.05) is 0 Å². The summed E-state index contributed by atoms with van der Waals surface area (Å²) in [7, 11) is -9.93. The highest BCUT2D eigenvalue weighted by molar-refractivity contribution is 6.48. The minimum absolute atomic E-state index is 0.111. The van der Waals surface area contributed by atoms with Crippen molar-refractivity contribution in [3.8, 4) is 0 Å². The number of hydrogen-bond acceptors (Lipinski definition) is 0. The largest absolute Gasteiger partial charge is 0.734 e. The lowest BCUT2D eigenvalue weighted by atomic mass is 10.0. The summed E-state index contributed by atoms with van der Waals surface area (Å²) in [5.74, 6) is 0. The first-order valence-electron chi connectivity index (χ1n) is 7.40. The van der Waals surface area contributed by atoms with Gasteiger partial charge in [-0.1, -0.05) is 24.3 Å². The molecule has 0 amide bonds. The molecule has 0 aliphatic rings. The normalized spacial score (nSPS) is 12.4. The molecule has 0 heterocycles. The SMILES string of the molecule is F[B-](F)(F)[NH2+]c1ccc(CCc2ccc([NH2+][B-](F)(F)F)cc2)cc1. The fourth-order valence-electron chi connectivity index (χ4n) is 2.32. The predicted octanol–water partition coefficient (Wildman–Crippen LogP) is 2.55. The second-order valence-corrected chi connectivity index (χ2v) is 5.57. The van der Waals surface area contributed by atoms with Gasteiger partial charge in [0.15, 0.2) is 0 Å². The van der Waals surface area contributed by atoms with Gasteiger partial charge in [-0.3, -0.25) is 0 Å². The topological polar surface area (TPSA) is 33.2 Å². The van der Waals surface area contributed by atoms with E-state index < -0.39 is 14.2 Å². The first kappa shape index (κ1) is 18.4. The lowest BCUT2D eigenvalue weighted by Crippen LogP contribution is -2.91. The van der Waals surface area contributed by atoms with E-state index in [1.165, 1.54) is 24.3 Å². The van der Waals surface area contributed by atoms with Crippen LogP contribution in [0.15, 0.2) is 48.5 Å². The van der Waals surface area contributed by atoms with E-state index in [1.807, 2.05) is 0 Å². The van der Waals surface area contributed by atoms with Crippen molar-refractivity contribution in [2.24, 2.45) is 0 Å². The van der Waals surface area contributed by atoms with Gasteiger partial charge in [0.25, 0.3) is 0 Å². The van der Waals surface area contributed by atoms with Crippen molar-refractivity contribution < 1.29 is 36.3 Å². The molecule has 0 aliphatic carbocycles. The zero-order valence-electron chi connectivity index (χ0n) is 12.6. The standard InChI is InChI=1S/C14H16B2F6N2/c17-15(18,19)23-13-7-3-11(4-8-13)1-2-12-5-9-14(10-6-12)24-16(20,21)22/h3-10H,1-2,23-24H2. The monoisotopic (exact) mass is 348 g/mol. The Morgan fingerprint density at radius 1 is 0.542 bits per heavy atom. The van der Waals surface area contributed by atoms with Crippen LogP contribution < -0.4 is 10.5 Å². The molecule has 0 radical (unpaired) electrons. The van der Waals surface area contributed by atoms with Gasteiger partial charge in [0.1, 0.15) is 0 Å². The average Bonchev–Trinajstić information content (AvgIpc) is 2.45. The summed E-state index contributed by atoms with van der Waals surface area (Å²) >= 11 is 0. The van der Waals surface area contributed by atoms with E-state index in [0.29, 0.717) is 23.3 Å². The zero-order valence-corrected chi connectivity index (χ0v) is 12.6. The van der Waals surface area contributed by atoms with E-state index >= 15 is 0 Å². The Morgan fingerprint density at radius 3 is 1.08 bits per heavy atom. The summed E-state index contributed by atoms with van der Waals surface area (Å²) in [5, 5.41) is 0.586. The molecule has 0 saturated heterocycles. The number of quaternary nitrogens is 2. The molecular weight excluding hydrogens is 332 g/mol. The lowest BCUT2D eigenvalue weighted by Gasteiger charge is -2.11. The second-order valence-electron chi connectivity index (χ2n) is 5.57. The molecule has 10 heteroatoms. The van der Waals surface area contributed by atoms with Crippen molar-refractivity contribution in [3.63, 3.8) is 0 Å². The van der Waals surface area contributed by atoms with E-state index in [0.717, 1.165) is 11.1 Å². The molecular formula is C14H16B2F6N2. The summed E-state index contributed by atoms with van der Waals surface area (Å²) in [5.41, 5.74) is 1.97. The van der Waals surface area contributed by atoms with Crippen LogP contribution in [-0.2, 0) is 12.8 Å². The van der Waals surface area contributed by atoms with E-state index in [-0.39, 0.29) is 11.4 Å². The van der Waals surface area contributed by atoms with Crippen molar-refractivity contribution in [1.29, 1.82) is 0 Å². The fraction of sp³-hybridized carbons (Fsp3) is 0.143. The first-order valence-corrected chi connectivity index (χ1v) is 7.40. The van der Waals surface area contributed by atoms with Crippen molar-refractivity contribution in [2.45, 2.75) is 12.8 Å². The van der Waals surface area contributed by atoms with Gasteiger partial charge in [0.05, 0.1) is 11.4 Å².